The Balaban J connectivity index is 2.65. The van der Waals surface area contributed by atoms with E-state index >= 15 is 0 Å². The molecule has 1 fully saturated rings. The number of hydrogen-bond donors (Lipinski definition) is 0. The molecule has 1 saturated carbocycles. The van der Waals surface area contributed by atoms with Crippen LogP contribution >= 0.6 is 0 Å². The number of hydrogen-bond acceptors (Lipinski definition) is 2. The molecule has 0 atom stereocenters. The van der Waals surface area contributed by atoms with Crippen LogP contribution in [0.3, 0.4) is 0 Å². The molecule has 1 aliphatic carbocycles. The molecule has 0 saturated heterocycles. The molecule has 0 N–H and O–H groups in total. The fourth-order valence-corrected chi connectivity index (χ4v) is 2.76. The molecule has 0 aromatic carbocycles. The summed E-state index contributed by atoms with van der Waals surface area (Å²) in [4.78, 5) is 13.8. The van der Waals surface area contributed by atoms with Gasteiger partial charge in [-0.25, -0.2) is 0 Å². The molecule has 0 aromatic heterocycles. The normalized spacial score (nSPS) is 19.6. The first-order valence-corrected chi connectivity index (χ1v) is 6.67. The quantitative estimate of drug-likeness (QED) is 0.384. The molecular weight excluding hydrogens is 210 g/mol. The molecular formula is C15H25NO. The maximum absolute atomic E-state index is 11.5. The lowest BCUT2D eigenvalue weighted by atomic mass is 9.81. The lowest BCUT2D eigenvalue weighted by Crippen LogP contribution is -2.39. The average molecular weight is 235 g/mol. The van der Waals surface area contributed by atoms with Gasteiger partial charge in [-0.1, -0.05) is 37.8 Å². The topological polar surface area (TPSA) is 20.3 Å². The van der Waals surface area contributed by atoms with E-state index in [4.69, 9.17) is 0 Å². The standard InChI is InChI=1S/C15H25NO/c1-3-11-16(12-4-2)13-15(14-17)9-7-5-6-8-10-15/h3-4,14H,1-2,5-13H2. The molecule has 1 aliphatic rings. The third-order valence-electron chi connectivity index (χ3n) is 3.66. The summed E-state index contributed by atoms with van der Waals surface area (Å²) in [6.45, 7) is 10.1. The predicted octanol–water partition coefficient (Wildman–Crippen LogP) is 3.20. The highest BCUT2D eigenvalue weighted by molar-refractivity contribution is 5.59. The van der Waals surface area contributed by atoms with Gasteiger partial charge in [-0.2, -0.15) is 0 Å². The smallest absolute Gasteiger partial charge is 0.127 e. The summed E-state index contributed by atoms with van der Waals surface area (Å²) in [7, 11) is 0. The minimum Gasteiger partial charge on any atom is -0.303 e. The summed E-state index contributed by atoms with van der Waals surface area (Å²) < 4.78 is 0. The second kappa shape index (κ2) is 7.44. The third kappa shape index (κ3) is 4.47. The van der Waals surface area contributed by atoms with Crippen LogP contribution in [0.15, 0.2) is 25.3 Å². The molecule has 0 aliphatic heterocycles. The second-order valence-electron chi connectivity index (χ2n) is 5.17. The van der Waals surface area contributed by atoms with Gasteiger partial charge in [-0.05, 0) is 12.8 Å². The van der Waals surface area contributed by atoms with E-state index in [1.807, 2.05) is 12.2 Å². The molecule has 2 nitrogen and oxygen atoms in total. The van der Waals surface area contributed by atoms with Crippen molar-refractivity contribution in [2.75, 3.05) is 19.6 Å². The van der Waals surface area contributed by atoms with E-state index in [-0.39, 0.29) is 5.41 Å². The van der Waals surface area contributed by atoms with Crippen molar-refractivity contribution >= 4 is 6.29 Å². The summed E-state index contributed by atoms with van der Waals surface area (Å²) in [5.41, 5.74) is -0.122. The van der Waals surface area contributed by atoms with Crippen LogP contribution in [-0.2, 0) is 4.79 Å². The van der Waals surface area contributed by atoms with Gasteiger partial charge in [0.05, 0.1) is 0 Å². The van der Waals surface area contributed by atoms with Crippen LogP contribution < -0.4 is 0 Å². The maximum atomic E-state index is 11.5. The van der Waals surface area contributed by atoms with Crippen LogP contribution in [0.1, 0.15) is 38.5 Å². The number of carbonyl (C=O) groups is 1. The van der Waals surface area contributed by atoms with E-state index in [9.17, 15) is 4.79 Å². The van der Waals surface area contributed by atoms with Crippen molar-refractivity contribution in [3.8, 4) is 0 Å². The lowest BCUT2D eigenvalue weighted by Gasteiger charge is -2.32. The van der Waals surface area contributed by atoms with E-state index in [2.05, 4.69) is 18.1 Å². The van der Waals surface area contributed by atoms with Crippen molar-refractivity contribution < 1.29 is 4.79 Å². The van der Waals surface area contributed by atoms with Gasteiger partial charge in [0.15, 0.2) is 0 Å². The monoisotopic (exact) mass is 235 g/mol. The Bertz CT molecular complexity index is 242. The largest absolute Gasteiger partial charge is 0.303 e. The van der Waals surface area contributed by atoms with Gasteiger partial charge in [0.2, 0.25) is 0 Å². The van der Waals surface area contributed by atoms with E-state index in [0.717, 1.165) is 32.5 Å². The van der Waals surface area contributed by atoms with E-state index in [0.29, 0.717) is 0 Å². The molecule has 0 unspecified atom stereocenters. The second-order valence-corrected chi connectivity index (χ2v) is 5.17. The molecule has 0 radical (unpaired) electrons. The zero-order valence-electron chi connectivity index (χ0n) is 10.9. The minimum absolute atomic E-state index is 0.122. The Hall–Kier alpha value is -0.890. The van der Waals surface area contributed by atoms with Gasteiger partial charge in [-0.15, -0.1) is 13.2 Å². The number of carbonyl (C=O) groups excluding carboxylic acids is 1. The van der Waals surface area contributed by atoms with E-state index < -0.39 is 0 Å². The van der Waals surface area contributed by atoms with E-state index in [1.54, 1.807) is 0 Å². The molecule has 0 amide bonds. The molecule has 96 valence electrons. The summed E-state index contributed by atoms with van der Waals surface area (Å²) in [6.07, 6.45) is 12.0. The fraction of sp³-hybridized carbons (Fsp3) is 0.667. The van der Waals surface area contributed by atoms with Crippen LogP contribution in [0, 0.1) is 5.41 Å². The Morgan fingerprint density at radius 1 is 1.00 bits per heavy atom. The molecule has 0 bridgehead atoms. The zero-order valence-corrected chi connectivity index (χ0v) is 10.9. The highest BCUT2D eigenvalue weighted by Gasteiger charge is 2.32. The van der Waals surface area contributed by atoms with Crippen LogP contribution in [-0.4, -0.2) is 30.8 Å². The molecule has 0 aromatic rings. The molecule has 17 heavy (non-hydrogen) atoms. The molecule has 0 heterocycles. The Kier molecular flexibility index (Phi) is 6.20. The van der Waals surface area contributed by atoms with Gasteiger partial charge in [-0.3, -0.25) is 4.90 Å². The first-order valence-electron chi connectivity index (χ1n) is 6.67. The van der Waals surface area contributed by atoms with Crippen molar-refractivity contribution in [1.29, 1.82) is 0 Å². The van der Waals surface area contributed by atoms with Crippen LogP contribution in [0.2, 0.25) is 0 Å². The summed E-state index contributed by atoms with van der Waals surface area (Å²) in [5, 5.41) is 0. The zero-order chi connectivity index (χ0) is 12.6. The van der Waals surface area contributed by atoms with Gasteiger partial charge in [0.1, 0.15) is 6.29 Å². The SMILES string of the molecule is C=CCN(CC=C)CC1(C=O)CCCCCC1. The van der Waals surface area contributed by atoms with Crippen LogP contribution in [0.5, 0.6) is 0 Å². The molecule has 0 spiro atoms. The summed E-state index contributed by atoms with van der Waals surface area (Å²) in [6, 6.07) is 0. The predicted molar refractivity (Wildman–Crippen MR) is 73.0 cm³/mol. The highest BCUT2D eigenvalue weighted by Crippen LogP contribution is 2.34. The Labute approximate surface area is 105 Å². The van der Waals surface area contributed by atoms with Crippen molar-refractivity contribution in [2.45, 2.75) is 38.5 Å². The number of rotatable bonds is 7. The van der Waals surface area contributed by atoms with Crippen molar-refractivity contribution in [3.05, 3.63) is 25.3 Å². The molecule has 1 rings (SSSR count). The van der Waals surface area contributed by atoms with Crippen molar-refractivity contribution in [1.82, 2.24) is 4.90 Å². The van der Waals surface area contributed by atoms with Crippen LogP contribution in [0.4, 0.5) is 0 Å². The van der Waals surface area contributed by atoms with Crippen molar-refractivity contribution in [3.63, 3.8) is 0 Å². The third-order valence-corrected chi connectivity index (χ3v) is 3.66. The first kappa shape index (κ1) is 14.2. The lowest BCUT2D eigenvalue weighted by molar-refractivity contribution is -0.118. The van der Waals surface area contributed by atoms with Crippen molar-refractivity contribution in [2.24, 2.45) is 5.41 Å². The summed E-state index contributed by atoms with van der Waals surface area (Å²) in [5.74, 6) is 0. The average Bonchev–Trinajstić information content (AvgIpc) is 2.56. The number of nitrogens with zero attached hydrogens (tertiary/aromatic N) is 1. The highest BCUT2D eigenvalue weighted by atomic mass is 16.1. The summed E-state index contributed by atoms with van der Waals surface area (Å²) >= 11 is 0. The van der Waals surface area contributed by atoms with E-state index in [1.165, 1.54) is 32.0 Å². The first-order chi connectivity index (χ1) is 8.26. The minimum atomic E-state index is -0.122. The number of aldehydes is 1. The maximum Gasteiger partial charge on any atom is 0.127 e. The van der Waals surface area contributed by atoms with Crippen LogP contribution in [0.25, 0.3) is 0 Å². The van der Waals surface area contributed by atoms with Gasteiger partial charge >= 0.3 is 0 Å². The Morgan fingerprint density at radius 3 is 1.94 bits per heavy atom. The van der Waals surface area contributed by atoms with Gasteiger partial charge in [0.25, 0.3) is 0 Å². The Morgan fingerprint density at radius 2 is 1.53 bits per heavy atom. The fourth-order valence-electron chi connectivity index (χ4n) is 2.76. The molecule has 2 heteroatoms. The van der Waals surface area contributed by atoms with Gasteiger partial charge in [0, 0.05) is 25.0 Å². The van der Waals surface area contributed by atoms with Gasteiger partial charge < -0.3 is 4.79 Å².